The van der Waals surface area contributed by atoms with Crippen molar-refractivity contribution in [3.05, 3.63) is 56.6 Å². The van der Waals surface area contributed by atoms with Gasteiger partial charge in [0.25, 0.3) is 0 Å². The Kier molecular flexibility index (Phi) is 15.0. The van der Waals surface area contributed by atoms with E-state index in [4.69, 9.17) is 5.14 Å². The molecular weight excluding hydrogens is 733 g/mol. The zero-order chi connectivity index (χ0) is 39.6. The molecule has 54 heavy (non-hydrogen) atoms. The summed E-state index contributed by atoms with van der Waals surface area (Å²) in [6.45, 7) is 3.61. The summed E-state index contributed by atoms with van der Waals surface area (Å²) in [5.41, 5.74) is 12.1. The number of benzene rings is 2. The van der Waals surface area contributed by atoms with Gasteiger partial charge in [-0.15, -0.1) is 0 Å². The molecule has 4 aliphatic carbocycles. The summed E-state index contributed by atoms with van der Waals surface area (Å²) in [5.74, 6) is -0.484. The number of sulfonamides is 2. The van der Waals surface area contributed by atoms with Crippen molar-refractivity contribution in [1.82, 2.24) is 14.5 Å². The minimum Gasteiger partial charge on any atom is -0.346 e. The number of nitrogens with one attached hydrogen (secondary N) is 2. The average molecular weight is 787 g/mol. The fourth-order valence-corrected chi connectivity index (χ4v) is 9.05. The van der Waals surface area contributed by atoms with Crippen LogP contribution in [0.25, 0.3) is 0 Å². The third kappa shape index (κ3) is 11.9. The number of primary sulfonamides is 1. The summed E-state index contributed by atoms with van der Waals surface area (Å²) < 4.78 is 47.4. The molecule has 6 rings (SSSR count). The predicted octanol–water partition coefficient (Wildman–Crippen LogP) is 3.76. The van der Waals surface area contributed by atoms with E-state index in [0.717, 1.165) is 86.7 Å². The number of nitrogens with zero attached hydrogens (tertiary/aromatic N) is 3. The summed E-state index contributed by atoms with van der Waals surface area (Å²) in [5, 5.41) is 7.59. The number of fused-ring (bicyclic) bond motifs is 4. The predicted molar refractivity (Wildman–Crippen MR) is 209 cm³/mol. The van der Waals surface area contributed by atoms with E-state index in [1.165, 1.54) is 69.9 Å². The van der Waals surface area contributed by atoms with Crippen molar-refractivity contribution >= 4 is 55.3 Å². The quantitative estimate of drug-likeness (QED) is 0.225. The summed E-state index contributed by atoms with van der Waals surface area (Å²) in [4.78, 5) is 51.5. The number of anilines is 1. The lowest BCUT2D eigenvalue weighted by Crippen LogP contribution is -2.37. The molecule has 16 heteroatoms. The summed E-state index contributed by atoms with van der Waals surface area (Å²) in [6.07, 6.45) is 15.3. The Morgan fingerprint density at radius 1 is 0.704 bits per heavy atom. The Hall–Kier alpha value is -4.11. The second-order valence-corrected chi connectivity index (χ2v) is 18.1. The van der Waals surface area contributed by atoms with Gasteiger partial charge in [0.1, 0.15) is 0 Å². The van der Waals surface area contributed by atoms with E-state index in [2.05, 4.69) is 27.2 Å². The maximum atomic E-state index is 12.4. The molecule has 0 bridgehead atoms. The maximum absolute atomic E-state index is 12.4. The molecule has 4 amide bonds. The average Bonchev–Trinajstić information content (AvgIpc) is 3.91. The first-order valence-electron chi connectivity index (χ1n) is 18.7. The Bertz CT molecular complexity index is 1940. The highest BCUT2D eigenvalue weighted by molar-refractivity contribution is 7.90. The molecule has 14 nitrogen and oxygen atoms in total. The lowest BCUT2D eigenvalue weighted by atomic mass is 9.99. The van der Waals surface area contributed by atoms with Crippen molar-refractivity contribution in [3.63, 3.8) is 0 Å². The van der Waals surface area contributed by atoms with Gasteiger partial charge in [-0.2, -0.15) is 4.99 Å². The van der Waals surface area contributed by atoms with Crippen molar-refractivity contribution in [2.24, 2.45) is 10.1 Å². The van der Waals surface area contributed by atoms with Gasteiger partial charge in [0.15, 0.2) is 0 Å². The summed E-state index contributed by atoms with van der Waals surface area (Å²) >= 11 is 0. The molecule has 0 radical (unpaired) electrons. The van der Waals surface area contributed by atoms with Crippen molar-refractivity contribution in [3.8, 4) is 0 Å². The summed E-state index contributed by atoms with van der Waals surface area (Å²) in [6, 6.07) is 3.90. The zero-order valence-corrected chi connectivity index (χ0v) is 33.5. The number of urea groups is 1. The van der Waals surface area contributed by atoms with E-state index in [9.17, 15) is 36.0 Å². The molecule has 0 aromatic heterocycles. The molecule has 0 heterocycles. The van der Waals surface area contributed by atoms with Crippen LogP contribution in [-0.4, -0.2) is 89.3 Å². The van der Waals surface area contributed by atoms with Crippen LogP contribution < -0.4 is 15.2 Å². The van der Waals surface area contributed by atoms with Gasteiger partial charge in [-0.25, -0.2) is 36.3 Å². The second-order valence-electron chi connectivity index (χ2n) is 14.5. The van der Waals surface area contributed by atoms with Crippen molar-refractivity contribution in [2.45, 2.75) is 104 Å². The van der Waals surface area contributed by atoms with Gasteiger partial charge in [0, 0.05) is 46.7 Å². The van der Waals surface area contributed by atoms with Gasteiger partial charge in [0.05, 0.1) is 17.2 Å². The van der Waals surface area contributed by atoms with Crippen LogP contribution in [0.3, 0.4) is 0 Å². The standard InChI is InChI=1S/C19H27N3O4S.C13H13NO.C6H14N2O3S/c1-13(23)22(2)10-5-11-27(25,26)21-19(24)20-18-16-8-3-6-14(16)12-15-7-4-9-17(15)18;15-8-14-13-11-5-1-3-9(11)7-10-4-2-6-12(10)13;1-6(9)8(2)4-3-5-12(7,10)11/h12H,3-11H2,1-2H3,(H2,20,21,24);7H,1-6H2;3-5H2,1-2H3,(H2,7,10,11). The number of rotatable bonds is 11. The van der Waals surface area contributed by atoms with Crippen LogP contribution in [0.5, 0.6) is 0 Å². The number of nitrogens with two attached hydrogens (primary N) is 1. The van der Waals surface area contributed by atoms with Crippen LogP contribution in [-0.2, 0) is 85.8 Å². The normalized spacial score (nSPS) is 14.8. The number of carbonyl (C=O) groups excluding carboxylic acids is 4. The topological polar surface area (TPSA) is 205 Å². The monoisotopic (exact) mass is 786 g/mol. The van der Waals surface area contributed by atoms with Gasteiger partial charge in [-0.1, -0.05) is 12.1 Å². The van der Waals surface area contributed by atoms with E-state index in [1.807, 2.05) is 0 Å². The van der Waals surface area contributed by atoms with Crippen molar-refractivity contribution < 1.29 is 36.0 Å². The number of aliphatic imine (C=N–C) groups is 1. The van der Waals surface area contributed by atoms with Crippen LogP contribution >= 0.6 is 0 Å². The molecule has 0 spiro atoms. The molecular formula is C38H54N6O8S2. The number of hydrogen-bond acceptors (Lipinski definition) is 9. The lowest BCUT2D eigenvalue weighted by Gasteiger charge is -2.17. The zero-order valence-electron chi connectivity index (χ0n) is 31.9. The third-order valence-corrected chi connectivity index (χ3v) is 12.6. The highest BCUT2D eigenvalue weighted by Crippen LogP contribution is 2.40. The number of hydrogen-bond donors (Lipinski definition) is 3. The van der Waals surface area contributed by atoms with Crippen LogP contribution in [0, 0.1) is 0 Å². The highest BCUT2D eigenvalue weighted by atomic mass is 32.2. The van der Waals surface area contributed by atoms with Crippen LogP contribution in [0.15, 0.2) is 17.1 Å². The molecule has 296 valence electrons. The molecule has 0 saturated heterocycles. The van der Waals surface area contributed by atoms with E-state index >= 15 is 0 Å². The molecule has 0 aliphatic heterocycles. The fourth-order valence-electron chi connectivity index (χ4n) is 7.57. The molecule has 0 atom stereocenters. The van der Waals surface area contributed by atoms with Crippen molar-refractivity contribution in [2.75, 3.05) is 44.0 Å². The molecule has 2 aromatic rings. The Morgan fingerprint density at radius 3 is 1.52 bits per heavy atom. The molecule has 4 N–H and O–H groups in total. The van der Waals surface area contributed by atoms with Crippen LogP contribution in [0.2, 0.25) is 0 Å². The number of amides is 4. The first kappa shape index (κ1) is 42.6. The Labute approximate surface area is 319 Å². The first-order chi connectivity index (χ1) is 25.5. The molecule has 0 fully saturated rings. The Balaban J connectivity index is 0.000000202. The van der Waals surface area contributed by atoms with E-state index in [0.29, 0.717) is 19.5 Å². The van der Waals surface area contributed by atoms with Crippen LogP contribution in [0.4, 0.5) is 16.2 Å². The smallest absolute Gasteiger partial charge is 0.332 e. The highest BCUT2D eigenvalue weighted by Gasteiger charge is 2.26. The van der Waals surface area contributed by atoms with Gasteiger partial charge in [-0.3, -0.25) is 9.59 Å². The first-order valence-corrected chi connectivity index (χ1v) is 22.0. The van der Waals surface area contributed by atoms with Crippen molar-refractivity contribution in [1.29, 1.82) is 0 Å². The molecule has 2 aromatic carbocycles. The van der Waals surface area contributed by atoms with E-state index in [-0.39, 0.29) is 29.7 Å². The fraction of sp³-hybridized carbons (Fsp3) is 0.579. The van der Waals surface area contributed by atoms with Crippen LogP contribution in [0.1, 0.15) is 96.9 Å². The SMILES string of the molecule is CC(=O)N(C)CCCS(=O)(=O)NC(=O)Nc1c2c(cc3c1CCC3)CCC2.CC(=O)N(C)CCCS(N)(=O)=O.O=C=Nc1c2c(cc3c1CCC3)CCC2. The number of isocyanates is 1. The lowest BCUT2D eigenvalue weighted by molar-refractivity contribution is -0.128. The van der Waals surface area contributed by atoms with E-state index < -0.39 is 26.1 Å². The van der Waals surface area contributed by atoms with E-state index in [1.54, 1.807) is 20.2 Å². The second kappa shape index (κ2) is 19.0. The minimum atomic E-state index is -3.75. The molecule has 4 aliphatic rings. The van der Waals surface area contributed by atoms with Gasteiger partial charge >= 0.3 is 6.03 Å². The molecule has 0 saturated carbocycles. The Morgan fingerprint density at radius 2 is 1.11 bits per heavy atom. The number of aryl methyl sites for hydroxylation is 4. The van der Waals surface area contributed by atoms with Gasteiger partial charge < -0.3 is 15.1 Å². The largest absolute Gasteiger partial charge is 0.346 e. The molecule has 0 unspecified atom stereocenters. The minimum absolute atomic E-state index is 0.0788. The van der Waals surface area contributed by atoms with Gasteiger partial charge in [-0.05, 0) is 134 Å². The number of carbonyl (C=O) groups is 3. The maximum Gasteiger partial charge on any atom is 0.332 e. The third-order valence-electron chi connectivity index (χ3n) is 10.5. The summed E-state index contributed by atoms with van der Waals surface area (Å²) in [7, 11) is -3.90. The van der Waals surface area contributed by atoms with Gasteiger partial charge in [0.2, 0.25) is 37.9 Å².